The van der Waals surface area contributed by atoms with Gasteiger partial charge in [-0.25, -0.2) is 4.98 Å². The van der Waals surface area contributed by atoms with Gasteiger partial charge < -0.3 is 15.3 Å². The number of nitrogens with zero attached hydrogens (tertiary/aromatic N) is 2. The molecular formula is C15H22ClN3O2. The molecule has 0 aromatic carbocycles. The zero-order valence-electron chi connectivity index (χ0n) is 12.3. The first kappa shape index (κ1) is 16.0. The predicted octanol–water partition coefficient (Wildman–Crippen LogP) is 2.54. The third-order valence-electron chi connectivity index (χ3n) is 3.70. The largest absolute Gasteiger partial charge is 0.394 e. The lowest BCUT2D eigenvalue weighted by Gasteiger charge is -2.34. The van der Waals surface area contributed by atoms with Gasteiger partial charge in [0, 0.05) is 13.1 Å². The third kappa shape index (κ3) is 3.86. The Kier molecular flexibility index (Phi) is 5.82. The molecule has 1 saturated heterocycles. The van der Waals surface area contributed by atoms with Gasteiger partial charge in [-0.3, -0.25) is 4.79 Å². The molecule has 1 aliphatic rings. The van der Waals surface area contributed by atoms with Crippen molar-refractivity contribution in [2.24, 2.45) is 0 Å². The molecule has 0 aliphatic carbocycles. The Morgan fingerprint density at radius 1 is 1.52 bits per heavy atom. The fourth-order valence-corrected chi connectivity index (χ4v) is 2.72. The molecule has 1 fully saturated rings. The van der Waals surface area contributed by atoms with Gasteiger partial charge in [0.25, 0.3) is 5.91 Å². The average Bonchev–Trinajstić information content (AvgIpc) is 2.53. The van der Waals surface area contributed by atoms with E-state index < -0.39 is 0 Å². The Labute approximate surface area is 130 Å². The Bertz CT molecular complexity index is 496. The number of likely N-dealkylation sites (tertiary alicyclic amines) is 1. The van der Waals surface area contributed by atoms with Gasteiger partial charge in [-0.2, -0.15) is 0 Å². The van der Waals surface area contributed by atoms with Gasteiger partial charge in [0.1, 0.15) is 11.5 Å². The zero-order valence-corrected chi connectivity index (χ0v) is 13.1. The van der Waals surface area contributed by atoms with E-state index in [-0.39, 0.29) is 24.2 Å². The summed E-state index contributed by atoms with van der Waals surface area (Å²) in [5.41, 5.74) is 0.262. The molecule has 2 N–H and O–H groups in total. The van der Waals surface area contributed by atoms with E-state index in [0.29, 0.717) is 17.4 Å². The molecule has 0 saturated carbocycles. The van der Waals surface area contributed by atoms with E-state index >= 15 is 0 Å². The Hall–Kier alpha value is -1.33. The molecule has 21 heavy (non-hydrogen) atoms. The van der Waals surface area contributed by atoms with Crippen LogP contribution in [0.25, 0.3) is 0 Å². The number of aliphatic hydroxyl groups is 1. The van der Waals surface area contributed by atoms with E-state index in [1.54, 1.807) is 17.0 Å². The van der Waals surface area contributed by atoms with E-state index in [0.717, 1.165) is 32.2 Å². The number of rotatable bonds is 5. The highest BCUT2D eigenvalue weighted by atomic mass is 35.5. The first-order valence-electron chi connectivity index (χ1n) is 7.49. The van der Waals surface area contributed by atoms with Crippen LogP contribution in [0.3, 0.4) is 0 Å². The number of aliphatic hydroxyl groups excluding tert-OH is 1. The number of hydrogen-bond donors (Lipinski definition) is 2. The van der Waals surface area contributed by atoms with Crippen LogP contribution in [-0.4, -0.2) is 46.6 Å². The van der Waals surface area contributed by atoms with Crippen LogP contribution in [0, 0.1) is 0 Å². The first-order chi connectivity index (χ1) is 10.2. The lowest BCUT2D eigenvalue weighted by Crippen LogP contribution is -2.46. The van der Waals surface area contributed by atoms with E-state index in [9.17, 15) is 9.90 Å². The van der Waals surface area contributed by atoms with Gasteiger partial charge in [-0.05, 0) is 37.8 Å². The minimum atomic E-state index is -0.195. The summed E-state index contributed by atoms with van der Waals surface area (Å²) in [6, 6.07) is 3.34. The maximum absolute atomic E-state index is 12.7. The summed E-state index contributed by atoms with van der Waals surface area (Å²) >= 11 is 6.13. The maximum atomic E-state index is 12.7. The SMILES string of the molecule is CCCNc1ccc(Cl)c(C(=O)N2CCCCC2CO)n1. The highest BCUT2D eigenvalue weighted by Gasteiger charge is 2.29. The van der Waals surface area contributed by atoms with Crippen molar-refractivity contribution in [3.05, 3.63) is 22.8 Å². The molecule has 1 amide bonds. The van der Waals surface area contributed by atoms with E-state index in [1.807, 2.05) is 0 Å². The molecule has 1 aromatic rings. The van der Waals surface area contributed by atoms with Crippen LogP contribution in [0.15, 0.2) is 12.1 Å². The monoisotopic (exact) mass is 311 g/mol. The summed E-state index contributed by atoms with van der Waals surface area (Å²) in [5.74, 6) is 0.459. The molecular weight excluding hydrogens is 290 g/mol. The van der Waals surface area contributed by atoms with Gasteiger partial charge in [0.15, 0.2) is 0 Å². The number of pyridine rings is 1. The smallest absolute Gasteiger partial charge is 0.274 e. The van der Waals surface area contributed by atoms with Crippen molar-refractivity contribution in [1.82, 2.24) is 9.88 Å². The molecule has 0 spiro atoms. The third-order valence-corrected chi connectivity index (χ3v) is 4.01. The fourth-order valence-electron chi connectivity index (χ4n) is 2.54. The second kappa shape index (κ2) is 7.61. The number of amides is 1. The van der Waals surface area contributed by atoms with Crippen LogP contribution >= 0.6 is 11.6 Å². The zero-order chi connectivity index (χ0) is 15.2. The van der Waals surface area contributed by atoms with E-state index in [2.05, 4.69) is 17.2 Å². The van der Waals surface area contributed by atoms with E-state index in [1.165, 1.54) is 0 Å². The van der Waals surface area contributed by atoms with Gasteiger partial charge >= 0.3 is 0 Å². The fraction of sp³-hybridized carbons (Fsp3) is 0.600. The molecule has 2 heterocycles. The van der Waals surface area contributed by atoms with Gasteiger partial charge in [0.05, 0.1) is 17.7 Å². The highest BCUT2D eigenvalue weighted by molar-refractivity contribution is 6.33. The molecule has 1 atom stereocenters. The molecule has 2 rings (SSSR count). The molecule has 1 unspecified atom stereocenters. The number of carbonyl (C=O) groups is 1. The lowest BCUT2D eigenvalue weighted by atomic mass is 10.0. The summed E-state index contributed by atoms with van der Waals surface area (Å²) in [6.07, 6.45) is 3.79. The number of anilines is 1. The molecule has 6 heteroatoms. The number of hydrogen-bond acceptors (Lipinski definition) is 4. The quantitative estimate of drug-likeness (QED) is 0.877. The van der Waals surface area contributed by atoms with E-state index in [4.69, 9.17) is 11.6 Å². The van der Waals surface area contributed by atoms with Crippen LogP contribution in [0.4, 0.5) is 5.82 Å². The van der Waals surface area contributed by atoms with Gasteiger partial charge in [-0.1, -0.05) is 18.5 Å². The van der Waals surface area contributed by atoms with Crippen LogP contribution in [0.2, 0.25) is 5.02 Å². The molecule has 0 radical (unpaired) electrons. The lowest BCUT2D eigenvalue weighted by molar-refractivity contribution is 0.0497. The maximum Gasteiger partial charge on any atom is 0.274 e. The first-order valence-corrected chi connectivity index (χ1v) is 7.87. The van der Waals surface area contributed by atoms with Crippen molar-refractivity contribution in [2.45, 2.75) is 38.6 Å². The van der Waals surface area contributed by atoms with Crippen molar-refractivity contribution >= 4 is 23.3 Å². The summed E-state index contributed by atoms with van der Waals surface area (Å²) < 4.78 is 0. The summed E-state index contributed by atoms with van der Waals surface area (Å²) in [5, 5.41) is 12.9. The second-order valence-corrected chi connectivity index (χ2v) is 5.69. The van der Waals surface area contributed by atoms with Gasteiger partial charge in [-0.15, -0.1) is 0 Å². The van der Waals surface area contributed by atoms with Gasteiger partial charge in [0.2, 0.25) is 0 Å². The Balaban J connectivity index is 2.20. The average molecular weight is 312 g/mol. The van der Waals surface area contributed by atoms with Crippen molar-refractivity contribution in [3.63, 3.8) is 0 Å². The van der Waals surface area contributed by atoms with Crippen molar-refractivity contribution in [1.29, 1.82) is 0 Å². The van der Waals surface area contributed by atoms with Crippen LogP contribution in [0.5, 0.6) is 0 Å². The predicted molar refractivity (Wildman–Crippen MR) is 83.8 cm³/mol. The minimum absolute atomic E-state index is 0.0167. The standard InChI is InChI=1S/C15H22ClN3O2/c1-2-8-17-13-7-6-12(16)14(18-13)15(21)19-9-4-3-5-11(19)10-20/h6-7,11,20H,2-5,8-10H2,1H3,(H,17,18). The second-order valence-electron chi connectivity index (χ2n) is 5.28. The van der Waals surface area contributed by atoms with Crippen LogP contribution < -0.4 is 5.32 Å². The molecule has 116 valence electrons. The van der Waals surface area contributed by atoms with Crippen molar-refractivity contribution in [3.8, 4) is 0 Å². The number of aromatic nitrogens is 1. The summed E-state index contributed by atoms with van der Waals surface area (Å²) in [6.45, 7) is 3.49. The van der Waals surface area contributed by atoms with Crippen molar-refractivity contribution in [2.75, 3.05) is 25.0 Å². The summed E-state index contributed by atoms with van der Waals surface area (Å²) in [4.78, 5) is 18.7. The van der Waals surface area contributed by atoms with Crippen molar-refractivity contribution < 1.29 is 9.90 Å². The highest BCUT2D eigenvalue weighted by Crippen LogP contribution is 2.23. The molecule has 1 aliphatic heterocycles. The molecule has 5 nitrogen and oxygen atoms in total. The Morgan fingerprint density at radius 3 is 3.05 bits per heavy atom. The summed E-state index contributed by atoms with van der Waals surface area (Å²) in [7, 11) is 0. The number of nitrogens with one attached hydrogen (secondary N) is 1. The Morgan fingerprint density at radius 2 is 2.33 bits per heavy atom. The van der Waals surface area contributed by atoms with Crippen LogP contribution in [-0.2, 0) is 0 Å². The topological polar surface area (TPSA) is 65.5 Å². The molecule has 0 bridgehead atoms. The number of piperidine rings is 1. The minimum Gasteiger partial charge on any atom is -0.394 e. The molecule has 1 aromatic heterocycles. The normalized spacial score (nSPS) is 18.6. The number of carbonyl (C=O) groups excluding carboxylic acids is 1. The van der Waals surface area contributed by atoms with Crippen LogP contribution in [0.1, 0.15) is 43.1 Å². The number of halogens is 1.